The molecule has 1 aliphatic rings. The highest BCUT2D eigenvalue weighted by Crippen LogP contribution is 2.23. The second-order valence-electron chi connectivity index (χ2n) is 5.99. The Bertz CT molecular complexity index is 800. The van der Waals surface area contributed by atoms with E-state index in [0.29, 0.717) is 24.0 Å². The van der Waals surface area contributed by atoms with Crippen molar-refractivity contribution in [2.45, 2.75) is 13.0 Å². The van der Waals surface area contributed by atoms with Gasteiger partial charge in [-0.05, 0) is 23.5 Å². The van der Waals surface area contributed by atoms with Gasteiger partial charge < -0.3 is 15.4 Å². The average Bonchev–Trinajstić information content (AvgIpc) is 2.67. The number of carbonyl (C=O) groups is 1. The molecule has 0 bridgehead atoms. The van der Waals surface area contributed by atoms with E-state index < -0.39 is 7.12 Å². The van der Waals surface area contributed by atoms with Gasteiger partial charge in [-0.3, -0.25) is 4.79 Å². The summed E-state index contributed by atoms with van der Waals surface area (Å²) in [4.78, 5) is 12.8. The fraction of sp³-hybridized carbons (Fsp3) is 0.150. The predicted octanol–water partition coefficient (Wildman–Crippen LogP) is 1.80. The van der Waals surface area contributed by atoms with E-state index in [2.05, 4.69) is 5.32 Å². The van der Waals surface area contributed by atoms with Crippen LogP contribution in [0.5, 0.6) is 0 Å². The molecular formula is C20H20BNO3. The number of ketones is 1. The third kappa shape index (κ3) is 4.07. The van der Waals surface area contributed by atoms with Crippen LogP contribution in [0.15, 0.2) is 78.5 Å². The third-order valence-electron chi connectivity index (χ3n) is 4.35. The number of Topliss-reactive ketones (excluding diaryl/α,β-unsaturated/α-hetero) is 1. The molecule has 0 radical (unpaired) electrons. The van der Waals surface area contributed by atoms with E-state index in [9.17, 15) is 14.8 Å². The van der Waals surface area contributed by atoms with E-state index in [0.717, 1.165) is 11.3 Å². The van der Waals surface area contributed by atoms with Crippen molar-refractivity contribution >= 4 is 18.4 Å². The number of benzene rings is 2. The molecule has 0 saturated heterocycles. The van der Waals surface area contributed by atoms with Gasteiger partial charge >= 0.3 is 7.12 Å². The van der Waals surface area contributed by atoms with Crippen LogP contribution in [-0.4, -0.2) is 22.9 Å². The fourth-order valence-electron chi connectivity index (χ4n) is 3.01. The summed E-state index contributed by atoms with van der Waals surface area (Å²) in [5, 5.41) is 22.3. The molecule has 0 amide bonds. The third-order valence-corrected chi connectivity index (χ3v) is 4.35. The van der Waals surface area contributed by atoms with Gasteiger partial charge in [0.1, 0.15) is 0 Å². The van der Waals surface area contributed by atoms with Crippen LogP contribution in [-0.2, 0) is 6.54 Å². The van der Waals surface area contributed by atoms with E-state index in [-0.39, 0.29) is 11.7 Å². The minimum atomic E-state index is -1.51. The Kier molecular flexibility index (Phi) is 5.48. The first-order chi connectivity index (χ1) is 12.2. The molecule has 126 valence electrons. The monoisotopic (exact) mass is 333 g/mol. The maximum atomic E-state index is 12.8. The van der Waals surface area contributed by atoms with Crippen molar-refractivity contribution in [1.82, 2.24) is 5.32 Å². The maximum absolute atomic E-state index is 12.8. The molecule has 25 heavy (non-hydrogen) atoms. The van der Waals surface area contributed by atoms with Crippen molar-refractivity contribution in [3.8, 4) is 0 Å². The Balaban J connectivity index is 1.75. The molecule has 2 aromatic rings. The Morgan fingerprint density at radius 3 is 2.56 bits per heavy atom. The summed E-state index contributed by atoms with van der Waals surface area (Å²) in [5.41, 5.74) is 2.80. The van der Waals surface area contributed by atoms with Crippen molar-refractivity contribution in [3.63, 3.8) is 0 Å². The first-order valence-corrected chi connectivity index (χ1v) is 8.30. The topological polar surface area (TPSA) is 69.6 Å². The number of rotatable bonds is 6. The lowest BCUT2D eigenvalue weighted by Crippen LogP contribution is -2.35. The number of carbonyl (C=O) groups excluding carboxylic acids is 1. The van der Waals surface area contributed by atoms with Crippen LogP contribution in [0.3, 0.4) is 0 Å². The lowest BCUT2D eigenvalue weighted by Gasteiger charge is -2.22. The molecule has 5 heteroatoms. The zero-order valence-electron chi connectivity index (χ0n) is 13.8. The molecule has 2 aromatic carbocycles. The molecule has 1 unspecified atom stereocenters. The molecule has 0 aromatic heterocycles. The van der Waals surface area contributed by atoms with Crippen LogP contribution in [0.2, 0.25) is 0 Å². The molecule has 0 saturated carbocycles. The summed E-state index contributed by atoms with van der Waals surface area (Å²) >= 11 is 0. The van der Waals surface area contributed by atoms with Crippen LogP contribution in [0.4, 0.5) is 0 Å². The second kappa shape index (κ2) is 7.97. The van der Waals surface area contributed by atoms with Crippen molar-refractivity contribution in [1.29, 1.82) is 0 Å². The average molecular weight is 333 g/mol. The van der Waals surface area contributed by atoms with E-state index >= 15 is 0 Å². The smallest absolute Gasteiger partial charge is 0.423 e. The summed E-state index contributed by atoms with van der Waals surface area (Å²) in [7, 11) is -1.51. The summed E-state index contributed by atoms with van der Waals surface area (Å²) < 4.78 is 0. The first-order valence-electron chi connectivity index (χ1n) is 8.30. The Labute approximate surface area is 147 Å². The maximum Gasteiger partial charge on any atom is 0.488 e. The molecule has 0 aliphatic heterocycles. The van der Waals surface area contributed by atoms with Gasteiger partial charge in [0.05, 0.1) is 5.92 Å². The minimum Gasteiger partial charge on any atom is -0.423 e. The van der Waals surface area contributed by atoms with Gasteiger partial charge in [0.2, 0.25) is 0 Å². The zero-order valence-corrected chi connectivity index (χ0v) is 13.8. The van der Waals surface area contributed by atoms with Gasteiger partial charge in [-0.25, -0.2) is 0 Å². The normalized spacial score (nSPS) is 16.2. The van der Waals surface area contributed by atoms with Crippen LogP contribution in [0, 0.1) is 5.92 Å². The molecule has 0 heterocycles. The summed E-state index contributed by atoms with van der Waals surface area (Å²) in [5.74, 6) is -0.169. The highest BCUT2D eigenvalue weighted by atomic mass is 16.4. The minimum absolute atomic E-state index is 0.0826. The van der Waals surface area contributed by atoms with E-state index in [1.807, 2.05) is 60.7 Å². The molecule has 3 N–H and O–H groups in total. The van der Waals surface area contributed by atoms with Gasteiger partial charge in [0, 0.05) is 17.8 Å². The number of nitrogens with one attached hydrogen (secondary N) is 1. The van der Waals surface area contributed by atoms with E-state index in [4.69, 9.17) is 0 Å². The molecule has 1 aliphatic carbocycles. The van der Waals surface area contributed by atoms with Gasteiger partial charge in [-0.15, -0.1) is 0 Å². The Morgan fingerprint density at radius 2 is 1.80 bits per heavy atom. The van der Waals surface area contributed by atoms with Crippen LogP contribution in [0.25, 0.3) is 0 Å². The van der Waals surface area contributed by atoms with Crippen LogP contribution >= 0.6 is 0 Å². The van der Waals surface area contributed by atoms with Gasteiger partial charge in [0.25, 0.3) is 0 Å². The molecule has 3 rings (SSSR count). The largest absolute Gasteiger partial charge is 0.488 e. The summed E-state index contributed by atoms with van der Waals surface area (Å²) in [6.45, 7) is 0.423. The lowest BCUT2D eigenvalue weighted by atomic mass is 9.77. The van der Waals surface area contributed by atoms with E-state index in [1.54, 1.807) is 12.1 Å². The molecular weight excluding hydrogens is 313 g/mol. The van der Waals surface area contributed by atoms with Gasteiger partial charge in [0.15, 0.2) is 5.78 Å². The highest BCUT2D eigenvalue weighted by Gasteiger charge is 2.24. The lowest BCUT2D eigenvalue weighted by molar-refractivity contribution is 0.0936. The summed E-state index contributed by atoms with van der Waals surface area (Å²) in [6, 6.07) is 16.4. The quantitative estimate of drug-likeness (QED) is 0.557. The number of allylic oxidation sites excluding steroid dienone is 4. The molecule has 4 nitrogen and oxygen atoms in total. The molecule has 0 spiro atoms. The first kappa shape index (κ1) is 17.2. The molecule has 0 fully saturated rings. The van der Waals surface area contributed by atoms with Crippen molar-refractivity contribution in [2.75, 3.05) is 0 Å². The van der Waals surface area contributed by atoms with Gasteiger partial charge in [-0.2, -0.15) is 0 Å². The predicted molar refractivity (Wildman–Crippen MR) is 99.2 cm³/mol. The fourth-order valence-corrected chi connectivity index (χ4v) is 3.01. The Hall–Kier alpha value is -2.63. The van der Waals surface area contributed by atoms with Crippen LogP contribution < -0.4 is 10.8 Å². The zero-order chi connectivity index (χ0) is 17.6. The van der Waals surface area contributed by atoms with Crippen LogP contribution in [0.1, 0.15) is 22.3 Å². The molecule has 1 atom stereocenters. The van der Waals surface area contributed by atoms with Gasteiger partial charge in [-0.1, -0.05) is 66.7 Å². The Morgan fingerprint density at radius 1 is 1.08 bits per heavy atom. The SMILES string of the molecule is O=C(c1ccccc1)C1CC=CC=C1NCc1ccccc1B(O)O. The summed E-state index contributed by atoms with van der Waals surface area (Å²) in [6.07, 6.45) is 6.48. The van der Waals surface area contributed by atoms with E-state index in [1.165, 1.54) is 0 Å². The number of hydrogen-bond donors (Lipinski definition) is 3. The number of hydrogen-bond acceptors (Lipinski definition) is 4. The van der Waals surface area contributed by atoms with Crippen molar-refractivity contribution in [3.05, 3.63) is 89.6 Å². The second-order valence-corrected chi connectivity index (χ2v) is 5.99. The highest BCUT2D eigenvalue weighted by molar-refractivity contribution is 6.59. The van der Waals surface area contributed by atoms with Crippen molar-refractivity contribution in [2.24, 2.45) is 5.92 Å². The standard InChI is InChI=1S/C20H20BNO3/c23-20(15-8-2-1-3-9-15)17-11-5-7-13-19(17)22-14-16-10-4-6-12-18(16)21(24)25/h1-10,12-13,17,22,24-25H,11,14H2. The van der Waals surface area contributed by atoms with Crippen molar-refractivity contribution < 1.29 is 14.8 Å².